The second-order valence-corrected chi connectivity index (χ2v) is 4.67. The van der Waals surface area contributed by atoms with Crippen molar-refractivity contribution in [2.45, 2.75) is 26.7 Å². The molecule has 0 aliphatic rings. The highest BCUT2D eigenvalue weighted by atomic mass is 16.5. The lowest BCUT2D eigenvalue weighted by Crippen LogP contribution is -2.12. The van der Waals surface area contributed by atoms with E-state index in [2.05, 4.69) is 38.9 Å². The van der Waals surface area contributed by atoms with Crippen molar-refractivity contribution in [2.24, 2.45) is 0 Å². The molecule has 1 N–H and O–H groups in total. The number of hydrogen-bond acceptors (Lipinski definition) is 6. The summed E-state index contributed by atoms with van der Waals surface area (Å²) in [6.07, 6.45) is 5.19. The zero-order valence-corrected chi connectivity index (χ0v) is 12.4. The summed E-state index contributed by atoms with van der Waals surface area (Å²) in [4.78, 5) is 12.8. The molecular weight excluding hydrogens is 268 g/mol. The molecule has 0 fully saturated rings. The number of hydrogen-bond donors (Lipinski definition) is 1. The average molecular weight is 288 g/mol. The molecule has 21 heavy (non-hydrogen) atoms. The molecule has 0 bridgehead atoms. The Morgan fingerprint density at radius 3 is 2.90 bits per heavy atom. The summed E-state index contributed by atoms with van der Waals surface area (Å²) in [5.74, 6) is 0.918. The molecule has 2 rings (SSSR count). The van der Waals surface area contributed by atoms with Crippen LogP contribution in [0.5, 0.6) is 6.01 Å². The minimum atomic E-state index is 0.287. The van der Waals surface area contributed by atoms with Crippen LogP contribution in [0, 0.1) is 0 Å². The summed E-state index contributed by atoms with van der Waals surface area (Å²) in [5, 5.41) is 7.26. The maximum Gasteiger partial charge on any atom is 0.323 e. The van der Waals surface area contributed by atoms with E-state index in [1.807, 2.05) is 13.0 Å². The number of rotatable bonds is 8. The molecule has 2 aromatic heterocycles. The molecule has 2 heterocycles. The van der Waals surface area contributed by atoms with Crippen molar-refractivity contribution in [3.05, 3.63) is 30.6 Å². The highest BCUT2D eigenvalue weighted by molar-refractivity contribution is 5.29. The molecule has 0 amide bonds. The molecule has 112 valence electrons. The molecule has 0 unspecified atom stereocenters. The standard InChI is InChI=1S/C14H20N6O/c1-4-7-15-12-17-13(20-9-5-8-16-20)19-14(18-12)21-10-6-11(2)3/h5,8-9H,2,4,6-7,10H2,1,3H3,(H,15,17,18,19). The van der Waals surface area contributed by atoms with Crippen LogP contribution >= 0.6 is 0 Å². The Balaban J connectivity index is 2.18. The van der Waals surface area contributed by atoms with Gasteiger partial charge in [-0.3, -0.25) is 0 Å². The Kier molecular flexibility index (Phi) is 5.25. The topological polar surface area (TPSA) is 77.8 Å². The Bertz CT molecular complexity index is 581. The van der Waals surface area contributed by atoms with E-state index >= 15 is 0 Å². The van der Waals surface area contributed by atoms with Crippen LogP contribution in [0.15, 0.2) is 30.6 Å². The fourth-order valence-electron chi connectivity index (χ4n) is 1.53. The van der Waals surface area contributed by atoms with Crippen LogP contribution in [0.1, 0.15) is 26.7 Å². The molecule has 0 spiro atoms. The van der Waals surface area contributed by atoms with Gasteiger partial charge in [0.15, 0.2) is 0 Å². The van der Waals surface area contributed by atoms with Crippen molar-refractivity contribution in [3.8, 4) is 12.0 Å². The van der Waals surface area contributed by atoms with Crippen molar-refractivity contribution in [1.82, 2.24) is 24.7 Å². The number of nitrogens with zero attached hydrogens (tertiary/aromatic N) is 5. The molecule has 7 heteroatoms. The summed E-state index contributed by atoms with van der Waals surface area (Å²) in [7, 11) is 0. The van der Waals surface area contributed by atoms with Gasteiger partial charge in [0.2, 0.25) is 5.95 Å². The SMILES string of the molecule is C=C(C)CCOc1nc(NCCC)nc(-n2cccn2)n1. The Hall–Kier alpha value is -2.44. The van der Waals surface area contributed by atoms with Crippen molar-refractivity contribution in [2.75, 3.05) is 18.5 Å². The van der Waals surface area contributed by atoms with Gasteiger partial charge < -0.3 is 10.1 Å². The lowest BCUT2D eigenvalue weighted by Gasteiger charge is -2.09. The van der Waals surface area contributed by atoms with E-state index in [9.17, 15) is 0 Å². The van der Waals surface area contributed by atoms with Crippen molar-refractivity contribution < 1.29 is 4.74 Å². The van der Waals surface area contributed by atoms with Gasteiger partial charge in [0, 0.05) is 25.4 Å². The van der Waals surface area contributed by atoms with E-state index in [4.69, 9.17) is 4.74 Å². The lowest BCUT2D eigenvalue weighted by atomic mass is 10.3. The van der Waals surface area contributed by atoms with Gasteiger partial charge in [-0.25, -0.2) is 4.68 Å². The first-order valence-corrected chi connectivity index (χ1v) is 6.96. The third-order valence-electron chi connectivity index (χ3n) is 2.61. The molecule has 0 atom stereocenters. The molecule has 0 aliphatic heterocycles. The summed E-state index contributed by atoms with van der Waals surface area (Å²) in [5.41, 5.74) is 1.06. The second kappa shape index (κ2) is 7.37. The molecule has 0 saturated heterocycles. The van der Waals surface area contributed by atoms with Crippen molar-refractivity contribution in [1.29, 1.82) is 0 Å². The summed E-state index contributed by atoms with van der Waals surface area (Å²) in [6, 6.07) is 2.10. The van der Waals surface area contributed by atoms with E-state index in [0.29, 0.717) is 18.5 Å². The number of nitrogens with one attached hydrogen (secondary N) is 1. The van der Waals surface area contributed by atoms with Gasteiger partial charge in [0.05, 0.1) is 6.61 Å². The Morgan fingerprint density at radius 2 is 2.24 bits per heavy atom. The van der Waals surface area contributed by atoms with Gasteiger partial charge >= 0.3 is 6.01 Å². The lowest BCUT2D eigenvalue weighted by molar-refractivity contribution is 0.295. The van der Waals surface area contributed by atoms with Crippen LogP contribution in [0.4, 0.5) is 5.95 Å². The third-order valence-corrected chi connectivity index (χ3v) is 2.61. The number of ether oxygens (including phenoxy) is 1. The van der Waals surface area contributed by atoms with E-state index in [1.165, 1.54) is 0 Å². The molecule has 0 radical (unpaired) electrons. The van der Waals surface area contributed by atoms with Crippen LogP contribution < -0.4 is 10.1 Å². The van der Waals surface area contributed by atoms with Crippen LogP contribution in [0.3, 0.4) is 0 Å². The van der Waals surface area contributed by atoms with Crippen LogP contribution in [-0.2, 0) is 0 Å². The molecule has 7 nitrogen and oxygen atoms in total. The van der Waals surface area contributed by atoms with Gasteiger partial charge in [0.25, 0.3) is 5.95 Å². The Morgan fingerprint density at radius 1 is 1.38 bits per heavy atom. The van der Waals surface area contributed by atoms with Gasteiger partial charge in [-0.15, -0.1) is 6.58 Å². The van der Waals surface area contributed by atoms with E-state index < -0.39 is 0 Å². The van der Waals surface area contributed by atoms with E-state index in [-0.39, 0.29) is 6.01 Å². The van der Waals surface area contributed by atoms with Crippen LogP contribution in [0.2, 0.25) is 0 Å². The fourth-order valence-corrected chi connectivity index (χ4v) is 1.53. The predicted octanol–water partition coefficient (Wildman–Crippen LogP) is 2.22. The van der Waals surface area contributed by atoms with Crippen LogP contribution in [0.25, 0.3) is 5.95 Å². The minimum Gasteiger partial charge on any atom is -0.463 e. The maximum absolute atomic E-state index is 5.57. The first kappa shape index (κ1) is 15.0. The zero-order chi connectivity index (χ0) is 15.1. The van der Waals surface area contributed by atoms with Crippen molar-refractivity contribution in [3.63, 3.8) is 0 Å². The number of aromatic nitrogens is 5. The summed E-state index contributed by atoms with van der Waals surface area (Å²) >= 11 is 0. The fraction of sp³-hybridized carbons (Fsp3) is 0.429. The highest BCUT2D eigenvalue weighted by Gasteiger charge is 2.09. The first-order valence-electron chi connectivity index (χ1n) is 6.96. The van der Waals surface area contributed by atoms with Crippen LogP contribution in [-0.4, -0.2) is 37.9 Å². The second-order valence-electron chi connectivity index (χ2n) is 4.67. The smallest absolute Gasteiger partial charge is 0.323 e. The van der Waals surface area contributed by atoms with Crippen molar-refractivity contribution >= 4 is 5.95 Å². The van der Waals surface area contributed by atoms with E-state index in [0.717, 1.165) is 25.0 Å². The monoisotopic (exact) mass is 288 g/mol. The zero-order valence-electron chi connectivity index (χ0n) is 12.4. The first-order chi connectivity index (χ1) is 10.2. The predicted molar refractivity (Wildman–Crippen MR) is 80.7 cm³/mol. The maximum atomic E-state index is 5.57. The Labute approximate surface area is 124 Å². The quantitative estimate of drug-likeness (QED) is 0.750. The van der Waals surface area contributed by atoms with Gasteiger partial charge in [-0.2, -0.15) is 20.1 Å². The number of anilines is 1. The largest absolute Gasteiger partial charge is 0.463 e. The normalized spacial score (nSPS) is 10.4. The molecule has 2 aromatic rings. The van der Waals surface area contributed by atoms with E-state index in [1.54, 1.807) is 17.1 Å². The molecular formula is C14H20N6O. The van der Waals surface area contributed by atoms with Gasteiger partial charge in [-0.1, -0.05) is 12.5 Å². The average Bonchev–Trinajstić information content (AvgIpc) is 2.99. The van der Waals surface area contributed by atoms with Gasteiger partial charge in [-0.05, 0) is 19.4 Å². The van der Waals surface area contributed by atoms with Gasteiger partial charge in [0.1, 0.15) is 0 Å². The minimum absolute atomic E-state index is 0.287. The summed E-state index contributed by atoms with van der Waals surface area (Å²) < 4.78 is 7.15. The third kappa shape index (κ3) is 4.55. The molecule has 0 aromatic carbocycles. The summed E-state index contributed by atoms with van der Waals surface area (Å²) in [6.45, 7) is 9.15. The highest BCUT2D eigenvalue weighted by Crippen LogP contribution is 2.11. The molecule has 0 saturated carbocycles. The molecule has 0 aliphatic carbocycles.